The van der Waals surface area contributed by atoms with E-state index < -0.39 is 0 Å². The maximum atomic E-state index is 6.12. The van der Waals surface area contributed by atoms with Crippen molar-refractivity contribution in [3.05, 3.63) is 71.9 Å². The first-order valence-electron chi connectivity index (χ1n) is 8.23. The van der Waals surface area contributed by atoms with E-state index in [-0.39, 0.29) is 0 Å². The second-order valence-electron chi connectivity index (χ2n) is 5.94. The molecule has 0 bridgehead atoms. The minimum absolute atomic E-state index is 0.597. The summed E-state index contributed by atoms with van der Waals surface area (Å²) < 4.78 is 11.6. The molecule has 0 aliphatic heterocycles. The number of hydrogen-bond donors (Lipinski definition) is 0. The Kier molecular flexibility index (Phi) is 3.91. The number of aryl methyl sites for hydroxylation is 2. The third-order valence-electron chi connectivity index (χ3n) is 4.45. The van der Waals surface area contributed by atoms with E-state index in [0.717, 1.165) is 29.0 Å². The quantitative estimate of drug-likeness (QED) is 0.675. The van der Waals surface area contributed by atoms with Gasteiger partial charge in [-0.3, -0.25) is 0 Å². The van der Waals surface area contributed by atoms with Gasteiger partial charge in [0.25, 0.3) is 0 Å². The van der Waals surface area contributed by atoms with E-state index in [1.807, 2.05) is 42.5 Å². The topological polar surface area (TPSA) is 31.4 Å². The van der Waals surface area contributed by atoms with Crippen molar-refractivity contribution in [3.8, 4) is 28.5 Å². The lowest BCUT2D eigenvalue weighted by Gasteiger charge is -2.13. The normalized spacial score (nSPS) is 12.7. The van der Waals surface area contributed by atoms with Crippen molar-refractivity contribution in [2.45, 2.75) is 19.3 Å². The van der Waals surface area contributed by atoms with E-state index in [9.17, 15) is 0 Å². The predicted octanol–water partition coefficient (Wildman–Crippen LogP) is 5.04. The molecule has 4 rings (SSSR count). The van der Waals surface area contributed by atoms with Crippen molar-refractivity contribution in [3.63, 3.8) is 0 Å². The van der Waals surface area contributed by atoms with Crippen LogP contribution in [0.3, 0.4) is 0 Å². The van der Waals surface area contributed by atoms with E-state index in [1.165, 1.54) is 24.0 Å². The van der Waals surface area contributed by atoms with Gasteiger partial charge in [0.1, 0.15) is 11.5 Å². The number of hydrogen-bond acceptors (Lipinski definition) is 3. The van der Waals surface area contributed by atoms with Crippen LogP contribution in [0, 0.1) is 0 Å². The molecule has 0 fully saturated rings. The monoisotopic (exact) mass is 317 g/mol. The van der Waals surface area contributed by atoms with Crippen LogP contribution in [0.15, 0.2) is 60.8 Å². The standard InChI is InChI=1S/C21H19NO2/c1-23-20-10-3-2-8-18(20)19-9-5-13-22-21(19)24-17-12-11-15-6-4-7-16(15)14-17/h2-3,5,8-14H,4,6-7H2,1H3. The number of pyridine rings is 1. The van der Waals surface area contributed by atoms with Crippen LogP contribution >= 0.6 is 0 Å². The SMILES string of the molecule is COc1ccccc1-c1cccnc1Oc1ccc2c(c1)CCC2. The van der Waals surface area contributed by atoms with E-state index in [0.29, 0.717) is 5.88 Å². The first kappa shape index (κ1) is 14.8. The predicted molar refractivity (Wildman–Crippen MR) is 94.8 cm³/mol. The third kappa shape index (κ3) is 2.73. The molecule has 1 aromatic heterocycles. The Labute approximate surface area is 141 Å². The number of ether oxygens (including phenoxy) is 2. The summed E-state index contributed by atoms with van der Waals surface area (Å²) in [5.74, 6) is 2.25. The lowest BCUT2D eigenvalue weighted by atomic mass is 10.1. The summed E-state index contributed by atoms with van der Waals surface area (Å²) >= 11 is 0. The second kappa shape index (κ2) is 6.36. The number of benzene rings is 2. The molecular formula is C21H19NO2. The van der Waals surface area contributed by atoms with Crippen molar-refractivity contribution >= 4 is 0 Å². The average molecular weight is 317 g/mol. The summed E-state index contributed by atoms with van der Waals surface area (Å²) in [4.78, 5) is 4.44. The molecule has 0 saturated heterocycles. The molecule has 0 amide bonds. The minimum atomic E-state index is 0.597. The van der Waals surface area contributed by atoms with Gasteiger partial charge in [-0.2, -0.15) is 0 Å². The summed E-state index contributed by atoms with van der Waals surface area (Å²) in [5, 5.41) is 0. The zero-order valence-electron chi connectivity index (χ0n) is 13.7. The van der Waals surface area contributed by atoms with Crippen LogP contribution in [0.4, 0.5) is 0 Å². The molecule has 1 aliphatic rings. The highest BCUT2D eigenvalue weighted by Crippen LogP contribution is 2.37. The van der Waals surface area contributed by atoms with Crippen molar-refractivity contribution < 1.29 is 9.47 Å². The van der Waals surface area contributed by atoms with Gasteiger partial charge in [0, 0.05) is 17.3 Å². The van der Waals surface area contributed by atoms with Crippen LogP contribution in [0.2, 0.25) is 0 Å². The number of rotatable bonds is 4. The Morgan fingerprint density at radius 3 is 2.62 bits per heavy atom. The van der Waals surface area contributed by atoms with Crippen LogP contribution < -0.4 is 9.47 Å². The molecule has 3 nitrogen and oxygen atoms in total. The number of fused-ring (bicyclic) bond motifs is 1. The lowest BCUT2D eigenvalue weighted by Crippen LogP contribution is -1.94. The van der Waals surface area contributed by atoms with Gasteiger partial charge in [0.2, 0.25) is 5.88 Å². The smallest absolute Gasteiger partial charge is 0.227 e. The van der Waals surface area contributed by atoms with Gasteiger partial charge in [-0.25, -0.2) is 4.98 Å². The number of nitrogens with zero attached hydrogens (tertiary/aromatic N) is 1. The summed E-state index contributed by atoms with van der Waals surface area (Å²) in [7, 11) is 1.68. The maximum absolute atomic E-state index is 6.12. The number of para-hydroxylation sites is 1. The van der Waals surface area contributed by atoms with Crippen LogP contribution in [-0.2, 0) is 12.8 Å². The molecule has 0 spiro atoms. The van der Waals surface area contributed by atoms with Gasteiger partial charge in [-0.1, -0.05) is 24.3 Å². The molecule has 0 unspecified atom stereocenters. The van der Waals surface area contributed by atoms with Crippen LogP contribution in [-0.4, -0.2) is 12.1 Å². The van der Waals surface area contributed by atoms with Crippen LogP contribution in [0.25, 0.3) is 11.1 Å². The fourth-order valence-corrected chi connectivity index (χ4v) is 3.27. The Morgan fingerprint density at radius 2 is 1.71 bits per heavy atom. The van der Waals surface area contributed by atoms with Crippen molar-refractivity contribution in [2.75, 3.05) is 7.11 Å². The molecule has 0 atom stereocenters. The number of aromatic nitrogens is 1. The summed E-state index contributed by atoms with van der Waals surface area (Å²) in [5.41, 5.74) is 4.73. The average Bonchev–Trinajstić information content (AvgIpc) is 3.10. The number of methoxy groups -OCH3 is 1. The van der Waals surface area contributed by atoms with Gasteiger partial charge in [0.05, 0.1) is 7.11 Å². The molecule has 0 N–H and O–H groups in total. The largest absolute Gasteiger partial charge is 0.496 e. The molecule has 2 aromatic carbocycles. The Bertz CT molecular complexity index is 873. The highest BCUT2D eigenvalue weighted by molar-refractivity contribution is 5.74. The highest BCUT2D eigenvalue weighted by Gasteiger charge is 2.15. The zero-order chi connectivity index (χ0) is 16.4. The molecule has 1 aliphatic carbocycles. The Balaban J connectivity index is 1.72. The Hall–Kier alpha value is -2.81. The Morgan fingerprint density at radius 1 is 0.875 bits per heavy atom. The van der Waals surface area contributed by atoms with E-state index in [2.05, 4.69) is 17.1 Å². The van der Waals surface area contributed by atoms with Gasteiger partial charge in [-0.15, -0.1) is 0 Å². The van der Waals surface area contributed by atoms with E-state index in [1.54, 1.807) is 13.3 Å². The van der Waals surface area contributed by atoms with Crippen molar-refractivity contribution in [1.82, 2.24) is 4.98 Å². The minimum Gasteiger partial charge on any atom is -0.496 e. The van der Waals surface area contributed by atoms with Gasteiger partial charge in [-0.05, 0) is 60.7 Å². The van der Waals surface area contributed by atoms with Gasteiger partial charge in [0.15, 0.2) is 0 Å². The fraction of sp³-hybridized carbons (Fsp3) is 0.190. The summed E-state index contributed by atoms with van der Waals surface area (Å²) in [6.07, 6.45) is 5.29. The van der Waals surface area contributed by atoms with Crippen LogP contribution in [0.5, 0.6) is 17.4 Å². The zero-order valence-corrected chi connectivity index (χ0v) is 13.7. The second-order valence-corrected chi connectivity index (χ2v) is 5.94. The third-order valence-corrected chi connectivity index (χ3v) is 4.45. The van der Waals surface area contributed by atoms with E-state index >= 15 is 0 Å². The molecule has 0 saturated carbocycles. The van der Waals surface area contributed by atoms with Crippen LogP contribution in [0.1, 0.15) is 17.5 Å². The molecule has 1 heterocycles. The van der Waals surface area contributed by atoms with Gasteiger partial charge >= 0.3 is 0 Å². The highest BCUT2D eigenvalue weighted by atomic mass is 16.5. The van der Waals surface area contributed by atoms with E-state index in [4.69, 9.17) is 9.47 Å². The lowest BCUT2D eigenvalue weighted by molar-refractivity contribution is 0.415. The molecular weight excluding hydrogens is 298 g/mol. The molecule has 120 valence electrons. The first-order valence-corrected chi connectivity index (χ1v) is 8.23. The molecule has 24 heavy (non-hydrogen) atoms. The molecule has 3 aromatic rings. The van der Waals surface area contributed by atoms with Gasteiger partial charge < -0.3 is 9.47 Å². The van der Waals surface area contributed by atoms with Crippen molar-refractivity contribution in [1.29, 1.82) is 0 Å². The van der Waals surface area contributed by atoms with Crippen molar-refractivity contribution in [2.24, 2.45) is 0 Å². The molecule has 0 radical (unpaired) electrons. The molecule has 3 heteroatoms. The fourth-order valence-electron chi connectivity index (χ4n) is 3.27. The maximum Gasteiger partial charge on any atom is 0.227 e. The first-order chi connectivity index (χ1) is 11.8. The summed E-state index contributed by atoms with van der Waals surface area (Å²) in [6.45, 7) is 0. The summed E-state index contributed by atoms with van der Waals surface area (Å²) in [6, 6.07) is 18.2.